The average molecular weight is 420 g/mol. The predicted molar refractivity (Wildman–Crippen MR) is 119 cm³/mol. The van der Waals surface area contributed by atoms with Crippen LogP contribution in [0.4, 0.5) is 0 Å². The number of hydrogen-bond donors (Lipinski definition) is 2. The Kier molecular flexibility index (Phi) is 6.02. The molecule has 1 aliphatic rings. The number of benzene rings is 1. The lowest BCUT2D eigenvalue weighted by Gasteiger charge is -2.19. The molecule has 1 fully saturated rings. The number of rotatable bonds is 8. The van der Waals surface area contributed by atoms with Crippen LogP contribution in [0.3, 0.4) is 0 Å². The maximum absolute atomic E-state index is 12.8. The van der Waals surface area contributed by atoms with E-state index in [-0.39, 0.29) is 24.3 Å². The number of nitrogens with zero attached hydrogens (tertiary/aromatic N) is 3. The van der Waals surface area contributed by atoms with E-state index in [1.54, 1.807) is 0 Å². The Morgan fingerprint density at radius 3 is 2.61 bits per heavy atom. The number of hydrogen-bond acceptors (Lipinski definition) is 4. The quantitative estimate of drug-likeness (QED) is 0.587. The van der Waals surface area contributed by atoms with E-state index in [1.165, 1.54) is 0 Å². The minimum Gasteiger partial charge on any atom is -0.352 e. The molecule has 0 aliphatic heterocycles. The minimum atomic E-state index is -0.577. The second-order valence-corrected chi connectivity index (χ2v) is 8.41. The van der Waals surface area contributed by atoms with Crippen molar-refractivity contribution in [2.24, 2.45) is 0 Å². The fraction of sp³-hybridized carbons (Fsp3) is 0.417. The van der Waals surface area contributed by atoms with Crippen LogP contribution in [-0.4, -0.2) is 38.5 Å². The molecule has 31 heavy (non-hydrogen) atoms. The predicted octanol–water partition coefficient (Wildman–Crippen LogP) is 2.59. The van der Waals surface area contributed by atoms with E-state index in [4.69, 9.17) is 0 Å². The summed E-state index contributed by atoms with van der Waals surface area (Å²) in [5.41, 5.74) is 5.68. The third kappa shape index (κ3) is 5.10. The molecular formula is C24H29N5O2. The zero-order valence-corrected chi connectivity index (χ0v) is 18.3. The molecule has 0 bridgehead atoms. The van der Waals surface area contributed by atoms with Gasteiger partial charge in [0.1, 0.15) is 6.04 Å². The van der Waals surface area contributed by atoms with Gasteiger partial charge in [-0.3, -0.25) is 9.59 Å². The molecule has 4 rings (SSSR count). The summed E-state index contributed by atoms with van der Waals surface area (Å²) in [5, 5.41) is 10.5. The maximum Gasteiger partial charge on any atom is 0.243 e. The molecule has 1 atom stereocenters. The molecule has 2 N–H and O–H groups in total. The summed E-state index contributed by atoms with van der Waals surface area (Å²) < 4.78 is 1.83. The number of carbonyl (C=O) groups excluding carboxylic acids is 2. The molecule has 3 aromatic rings. The zero-order chi connectivity index (χ0) is 22.0. The Morgan fingerprint density at radius 2 is 1.90 bits per heavy atom. The van der Waals surface area contributed by atoms with Crippen LogP contribution in [0.15, 0.2) is 36.4 Å². The van der Waals surface area contributed by atoms with Crippen molar-refractivity contribution in [2.75, 3.05) is 0 Å². The number of amides is 2. The summed E-state index contributed by atoms with van der Waals surface area (Å²) in [6.07, 6.45) is 3.34. The third-order valence-corrected chi connectivity index (χ3v) is 5.75. The molecule has 2 amide bonds. The van der Waals surface area contributed by atoms with Gasteiger partial charge in [0.25, 0.3) is 0 Å². The smallest absolute Gasteiger partial charge is 0.243 e. The lowest BCUT2D eigenvalue weighted by Crippen LogP contribution is -2.48. The van der Waals surface area contributed by atoms with Crippen LogP contribution in [0.1, 0.15) is 47.5 Å². The summed E-state index contributed by atoms with van der Waals surface area (Å²) in [5.74, 6) is -0.246. The van der Waals surface area contributed by atoms with Crippen LogP contribution in [0.5, 0.6) is 0 Å². The van der Waals surface area contributed by atoms with Gasteiger partial charge < -0.3 is 10.6 Å². The number of fused-ring (bicyclic) bond motifs is 1. The fourth-order valence-electron chi connectivity index (χ4n) is 3.90. The largest absolute Gasteiger partial charge is 0.352 e. The lowest BCUT2D eigenvalue weighted by molar-refractivity contribution is -0.129. The molecular weight excluding hydrogens is 390 g/mol. The van der Waals surface area contributed by atoms with Gasteiger partial charge in [0.2, 0.25) is 11.8 Å². The first-order valence-electron chi connectivity index (χ1n) is 10.9. The van der Waals surface area contributed by atoms with Crippen LogP contribution in [0, 0.1) is 20.8 Å². The molecule has 1 aliphatic carbocycles. The number of aryl methyl sites for hydroxylation is 3. The van der Waals surface area contributed by atoms with Gasteiger partial charge in [-0.2, -0.15) is 5.10 Å². The van der Waals surface area contributed by atoms with Gasteiger partial charge in [-0.1, -0.05) is 30.3 Å². The number of aromatic nitrogens is 3. The third-order valence-electron chi connectivity index (χ3n) is 5.75. The molecule has 0 spiro atoms. The fourth-order valence-corrected chi connectivity index (χ4v) is 3.90. The molecule has 2 heterocycles. The van der Waals surface area contributed by atoms with Crippen molar-refractivity contribution in [3.63, 3.8) is 0 Å². The van der Waals surface area contributed by atoms with Gasteiger partial charge >= 0.3 is 0 Å². The van der Waals surface area contributed by atoms with Crippen LogP contribution in [0.2, 0.25) is 0 Å². The van der Waals surface area contributed by atoms with Crippen molar-refractivity contribution in [2.45, 2.75) is 65.0 Å². The average Bonchev–Trinajstić information content (AvgIpc) is 3.47. The first kappa shape index (κ1) is 21.0. The zero-order valence-electron chi connectivity index (χ0n) is 18.3. The SMILES string of the molecule is Cc1cc2nc(C)c(CCC(=O)NC(Cc3ccccc3)C(=O)NC3CC3)c(C)n2n1. The van der Waals surface area contributed by atoms with Gasteiger partial charge in [-0.25, -0.2) is 9.50 Å². The summed E-state index contributed by atoms with van der Waals surface area (Å²) in [4.78, 5) is 30.1. The van der Waals surface area contributed by atoms with E-state index >= 15 is 0 Å². The number of nitrogens with one attached hydrogen (secondary N) is 2. The van der Waals surface area contributed by atoms with Crippen molar-refractivity contribution in [1.82, 2.24) is 25.2 Å². The summed E-state index contributed by atoms with van der Waals surface area (Å²) in [6.45, 7) is 5.91. The van der Waals surface area contributed by atoms with Crippen molar-refractivity contribution in [3.05, 3.63) is 64.6 Å². The molecule has 1 unspecified atom stereocenters. The maximum atomic E-state index is 12.8. The lowest BCUT2D eigenvalue weighted by atomic mass is 10.0. The van der Waals surface area contributed by atoms with E-state index in [9.17, 15) is 9.59 Å². The Labute approximate surface area is 182 Å². The van der Waals surface area contributed by atoms with E-state index in [1.807, 2.05) is 61.7 Å². The topological polar surface area (TPSA) is 88.4 Å². The highest BCUT2D eigenvalue weighted by atomic mass is 16.2. The molecule has 7 heteroatoms. The summed E-state index contributed by atoms with van der Waals surface area (Å²) in [6, 6.07) is 11.4. The highest BCUT2D eigenvalue weighted by Crippen LogP contribution is 2.19. The van der Waals surface area contributed by atoms with Gasteiger partial charge in [0.15, 0.2) is 5.65 Å². The first-order chi connectivity index (χ1) is 14.9. The Balaban J connectivity index is 1.43. The molecule has 0 radical (unpaired) electrons. The van der Waals surface area contributed by atoms with Gasteiger partial charge in [0.05, 0.1) is 5.69 Å². The van der Waals surface area contributed by atoms with Gasteiger partial charge in [-0.15, -0.1) is 0 Å². The molecule has 1 aromatic carbocycles. The van der Waals surface area contributed by atoms with E-state index < -0.39 is 6.04 Å². The van der Waals surface area contributed by atoms with Crippen molar-refractivity contribution >= 4 is 17.5 Å². The second kappa shape index (κ2) is 8.88. The Morgan fingerprint density at radius 1 is 1.16 bits per heavy atom. The Bertz CT molecular complexity index is 1100. The highest BCUT2D eigenvalue weighted by molar-refractivity contribution is 5.88. The van der Waals surface area contributed by atoms with Gasteiger partial charge in [0, 0.05) is 36.3 Å². The molecule has 162 valence electrons. The monoisotopic (exact) mass is 419 g/mol. The van der Waals surface area contributed by atoms with E-state index in [0.29, 0.717) is 12.8 Å². The van der Waals surface area contributed by atoms with Gasteiger partial charge in [-0.05, 0) is 51.2 Å². The van der Waals surface area contributed by atoms with E-state index in [2.05, 4.69) is 20.7 Å². The van der Waals surface area contributed by atoms with Crippen molar-refractivity contribution in [1.29, 1.82) is 0 Å². The van der Waals surface area contributed by atoms with Crippen molar-refractivity contribution in [3.8, 4) is 0 Å². The van der Waals surface area contributed by atoms with E-state index in [0.717, 1.165) is 46.7 Å². The molecule has 2 aromatic heterocycles. The minimum absolute atomic E-state index is 0.109. The molecule has 1 saturated carbocycles. The van der Waals surface area contributed by atoms with Crippen LogP contribution in [0.25, 0.3) is 5.65 Å². The van der Waals surface area contributed by atoms with Crippen LogP contribution in [-0.2, 0) is 22.4 Å². The molecule has 0 saturated heterocycles. The normalized spacial score (nSPS) is 14.4. The first-order valence-corrected chi connectivity index (χ1v) is 10.9. The highest BCUT2D eigenvalue weighted by Gasteiger charge is 2.28. The standard InChI is InChI=1S/C24H29N5O2/c1-15-13-22-25-16(2)20(17(3)29(22)28-15)11-12-23(30)27-21(24(31)26-19-9-10-19)14-18-7-5-4-6-8-18/h4-8,13,19,21H,9-12,14H2,1-3H3,(H,26,31)(H,27,30). The second-order valence-electron chi connectivity index (χ2n) is 8.41. The number of carbonyl (C=O) groups is 2. The Hall–Kier alpha value is -3.22. The van der Waals surface area contributed by atoms with Crippen molar-refractivity contribution < 1.29 is 9.59 Å². The molecule has 7 nitrogen and oxygen atoms in total. The summed E-state index contributed by atoms with van der Waals surface area (Å²) in [7, 11) is 0. The van der Waals surface area contributed by atoms with Crippen LogP contribution < -0.4 is 10.6 Å². The van der Waals surface area contributed by atoms with Crippen LogP contribution >= 0.6 is 0 Å². The summed E-state index contributed by atoms with van der Waals surface area (Å²) >= 11 is 0.